The number of nitrogens with zero attached hydrogens (tertiary/aromatic N) is 3. The van der Waals surface area contributed by atoms with Crippen molar-refractivity contribution in [1.82, 2.24) is 9.97 Å². The number of rotatable bonds is 5. The molecule has 2 heterocycles. The van der Waals surface area contributed by atoms with Gasteiger partial charge < -0.3 is 4.74 Å². The van der Waals surface area contributed by atoms with E-state index in [9.17, 15) is 18.0 Å². The van der Waals surface area contributed by atoms with Crippen LogP contribution in [0.5, 0.6) is 5.88 Å². The van der Waals surface area contributed by atoms with E-state index in [2.05, 4.69) is 14.7 Å². The van der Waals surface area contributed by atoms with E-state index in [1.807, 2.05) is 0 Å². The minimum Gasteiger partial charge on any atom is -0.478 e. The van der Waals surface area contributed by atoms with Gasteiger partial charge in [0.15, 0.2) is 0 Å². The number of hydrogen-bond acceptors (Lipinski definition) is 7. The second kappa shape index (κ2) is 7.14. The number of ether oxygens (including phenoxy) is 1. The highest BCUT2D eigenvalue weighted by atomic mass is 35.5. The van der Waals surface area contributed by atoms with Gasteiger partial charge in [-0.1, -0.05) is 23.2 Å². The number of anilines is 2. The van der Waals surface area contributed by atoms with Gasteiger partial charge in [0.05, 0.1) is 17.7 Å². The molecule has 27 heavy (non-hydrogen) atoms. The molecule has 0 radical (unpaired) electrons. The number of benzene rings is 1. The van der Waals surface area contributed by atoms with Crippen LogP contribution >= 0.6 is 23.2 Å². The second-order valence-corrected chi connectivity index (χ2v) is 7.53. The molecule has 1 aromatic carbocycles. The summed E-state index contributed by atoms with van der Waals surface area (Å²) in [6.07, 6.45) is 2.65. The average Bonchev–Trinajstić information content (AvgIpc) is 2.85. The lowest BCUT2D eigenvalue weighted by molar-refractivity contribution is -0.120. The van der Waals surface area contributed by atoms with Gasteiger partial charge in [-0.3, -0.25) is 14.3 Å². The third kappa shape index (κ3) is 3.46. The summed E-state index contributed by atoms with van der Waals surface area (Å²) in [4.78, 5) is 32.3. The summed E-state index contributed by atoms with van der Waals surface area (Å²) in [5.41, 5.74) is 0.120. The van der Waals surface area contributed by atoms with E-state index in [-0.39, 0.29) is 22.3 Å². The predicted octanol–water partition coefficient (Wildman–Crippen LogP) is 1.85. The fourth-order valence-corrected chi connectivity index (χ4v) is 3.55. The lowest BCUT2D eigenvalue weighted by Crippen LogP contribution is -2.30. The van der Waals surface area contributed by atoms with Crippen LogP contribution in [0.25, 0.3) is 0 Å². The maximum Gasteiger partial charge on any atom is 0.278 e. The van der Waals surface area contributed by atoms with E-state index in [1.165, 1.54) is 43.8 Å². The van der Waals surface area contributed by atoms with Crippen molar-refractivity contribution in [3.63, 3.8) is 0 Å². The van der Waals surface area contributed by atoms with Crippen LogP contribution in [-0.2, 0) is 19.6 Å². The summed E-state index contributed by atoms with van der Waals surface area (Å²) in [5.74, 6) is -1.66. The van der Waals surface area contributed by atoms with E-state index in [0.29, 0.717) is 0 Å². The Labute approximate surface area is 163 Å². The molecular weight excluding hydrogens is 419 g/mol. The molecule has 3 rings (SSSR count). The molecule has 0 atom stereocenters. The van der Waals surface area contributed by atoms with Crippen LogP contribution < -0.4 is 14.4 Å². The van der Waals surface area contributed by atoms with Crippen molar-refractivity contribution in [1.29, 1.82) is 0 Å². The standard InChI is InChI=1S/C15H10Cl2N4O5S/c1-26-13-12(18-6-7-19-13)20-27(24,25)9-4-2-8(3-5-9)21-14(22)10(16)11(17)15(21)23/h2-7H,1H3,(H,18,20). The molecule has 0 aliphatic carbocycles. The highest BCUT2D eigenvalue weighted by Crippen LogP contribution is 2.31. The zero-order valence-electron chi connectivity index (χ0n) is 13.5. The van der Waals surface area contributed by atoms with E-state index in [1.54, 1.807) is 0 Å². The Morgan fingerprint density at radius 2 is 1.56 bits per heavy atom. The molecular formula is C15H10Cl2N4O5S. The molecule has 0 saturated heterocycles. The summed E-state index contributed by atoms with van der Waals surface area (Å²) in [7, 11) is -2.69. The van der Waals surface area contributed by atoms with Crippen LogP contribution in [0.4, 0.5) is 11.5 Å². The largest absolute Gasteiger partial charge is 0.478 e. The van der Waals surface area contributed by atoms with Crippen LogP contribution in [-0.4, -0.2) is 37.3 Å². The first kappa shape index (κ1) is 19.1. The first-order valence-corrected chi connectivity index (χ1v) is 9.42. The van der Waals surface area contributed by atoms with Gasteiger partial charge in [0.1, 0.15) is 10.1 Å². The topological polar surface area (TPSA) is 119 Å². The highest BCUT2D eigenvalue weighted by Gasteiger charge is 2.37. The minimum atomic E-state index is -4.02. The minimum absolute atomic E-state index is 0.00122. The molecule has 0 spiro atoms. The van der Waals surface area contributed by atoms with Crippen molar-refractivity contribution in [2.24, 2.45) is 0 Å². The highest BCUT2D eigenvalue weighted by molar-refractivity contribution is 7.92. The van der Waals surface area contributed by atoms with Crippen LogP contribution in [0, 0.1) is 0 Å². The van der Waals surface area contributed by atoms with Crippen LogP contribution in [0.15, 0.2) is 51.6 Å². The van der Waals surface area contributed by atoms with Crippen molar-refractivity contribution in [2.45, 2.75) is 4.90 Å². The number of carbonyl (C=O) groups is 2. The quantitative estimate of drug-likeness (QED) is 0.721. The molecule has 1 aromatic heterocycles. The Hall–Kier alpha value is -2.69. The summed E-state index contributed by atoms with van der Waals surface area (Å²) in [5, 5.41) is -0.787. The lowest BCUT2D eigenvalue weighted by Gasteiger charge is -2.15. The van der Waals surface area contributed by atoms with Crippen LogP contribution in [0.3, 0.4) is 0 Å². The van der Waals surface area contributed by atoms with Crippen molar-refractivity contribution < 1.29 is 22.7 Å². The third-order valence-electron chi connectivity index (χ3n) is 3.47. The van der Waals surface area contributed by atoms with Crippen molar-refractivity contribution >= 4 is 56.5 Å². The Kier molecular flexibility index (Phi) is 5.05. The van der Waals surface area contributed by atoms with Gasteiger partial charge in [-0.2, -0.15) is 0 Å². The normalized spacial score (nSPS) is 14.7. The van der Waals surface area contributed by atoms with E-state index in [4.69, 9.17) is 27.9 Å². The molecule has 140 valence electrons. The monoisotopic (exact) mass is 428 g/mol. The fraction of sp³-hybridized carbons (Fsp3) is 0.0667. The number of amides is 2. The lowest BCUT2D eigenvalue weighted by atomic mass is 10.3. The molecule has 12 heteroatoms. The van der Waals surface area contributed by atoms with Crippen molar-refractivity contribution in [2.75, 3.05) is 16.7 Å². The number of halogens is 2. The first-order chi connectivity index (χ1) is 12.8. The SMILES string of the molecule is COc1nccnc1NS(=O)(=O)c1ccc(N2C(=O)C(Cl)=C(Cl)C2=O)cc1. The number of sulfonamides is 1. The molecule has 0 fully saturated rings. The van der Waals surface area contributed by atoms with Gasteiger partial charge in [-0.25, -0.2) is 23.3 Å². The summed E-state index contributed by atoms with van der Waals surface area (Å²) < 4.78 is 32.2. The number of hydrogen-bond donors (Lipinski definition) is 1. The molecule has 2 aromatic rings. The average molecular weight is 429 g/mol. The van der Waals surface area contributed by atoms with Gasteiger partial charge in [-0.15, -0.1) is 0 Å². The van der Waals surface area contributed by atoms with Crippen LogP contribution in [0.1, 0.15) is 0 Å². The Balaban J connectivity index is 1.87. The fourth-order valence-electron chi connectivity index (χ4n) is 2.22. The van der Waals surface area contributed by atoms with E-state index < -0.39 is 31.9 Å². The van der Waals surface area contributed by atoms with Crippen LogP contribution in [0.2, 0.25) is 0 Å². The van der Waals surface area contributed by atoms with E-state index in [0.717, 1.165) is 4.90 Å². The molecule has 1 aliphatic rings. The number of carbonyl (C=O) groups excluding carboxylic acids is 2. The predicted molar refractivity (Wildman–Crippen MR) is 97.1 cm³/mol. The molecule has 0 saturated carbocycles. The molecule has 9 nitrogen and oxygen atoms in total. The maximum absolute atomic E-state index is 12.5. The van der Waals surface area contributed by atoms with Gasteiger partial charge in [0.2, 0.25) is 5.82 Å². The zero-order chi connectivity index (χ0) is 19.8. The van der Waals surface area contributed by atoms with Crippen molar-refractivity contribution in [3.8, 4) is 5.88 Å². The second-order valence-electron chi connectivity index (χ2n) is 5.09. The Morgan fingerprint density at radius 3 is 2.11 bits per heavy atom. The number of nitrogens with one attached hydrogen (secondary N) is 1. The molecule has 0 bridgehead atoms. The summed E-state index contributed by atoms with van der Waals surface area (Å²) >= 11 is 11.4. The van der Waals surface area contributed by atoms with Gasteiger partial charge in [0, 0.05) is 12.4 Å². The number of imide groups is 1. The first-order valence-electron chi connectivity index (χ1n) is 7.18. The molecule has 1 N–H and O–H groups in total. The van der Waals surface area contributed by atoms with E-state index >= 15 is 0 Å². The molecule has 1 aliphatic heterocycles. The molecule has 2 amide bonds. The third-order valence-corrected chi connectivity index (χ3v) is 5.62. The smallest absolute Gasteiger partial charge is 0.278 e. The van der Waals surface area contributed by atoms with Gasteiger partial charge >= 0.3 is 0 Å². The molecule has 0 unspecified atom stereocenters. The zero-order valence-corrected chi connectivity index (χ0v) is 15.8. The Morgan fingerprint density at radius 1 is 1.00 bits per heavy atom. The Bertz CT molecular complexity index is 1050. The van der Waals surface area contributed by atoms with Gasteiger partial charge in [0.25, 0.3) is 27.7 Å². The number of aromatic nitrogens is 2. The summed E-state index contributed by atoms with van der Waals surface area (Å²) in [6.45, 7) is 0. The van der Waals surface area contributed by atoms with Gasteiger partial charge in [-0.05, 0) is 24.3 Å². The number of methoxy groups -OCH3 is 1. The maximum atomic E-state index is 12.5. The summed E-state index contributed by atoms with van der Waals surface area (Å²) in [6, 6.07) is 4.97. The van der Waals surface area contributed by atoms with Crippen molar-refractivity contribution in [3.05, 3.63) is 46.7 Å².